The molecule has 0 saturated carbocycles. The van der Waals surface area contributed by atoms with Crippen LogP contribution in [0, 0.1) is 0 Å². The van der Waals surface area contributed by atoms with Crippen molar-refractivity contribution >= 4 is 28.6 Å². The summed E-state index contributed by atoms with van der Waals surface area (Å²) in [5, 5.41) is 0. The van der Waals surface area contributed by atoms with Crippen LogP contribution in [0.1, 0.15) is 38.2 Å². The van der Waals surface area contributed by atoms with Gasteiger partial charge in [-0.05, 0) is 47.7 Å². The molecule has 0 amide bonds. The molecule has 0 heterocycles. The fourth-order valence-electron chi connectivity index (χ4n) is 2.34. The molecule has 2 aromatic carbocycles. The maximum Gasteiger partial charge on any atom is 0.0207 e. The van der Waals surface area contributed by atoms with Crippen molar-refractivity contribution in [3.05, 3.63) is 52.5 Å². The molecular formula is C18H21BrS. The fraction of sp³-hybridized carbons (Fsp3) is 0.333. The topological polar surface area (TPSA) is 0 Å². The van der Waals surface area contributed by atoms with Gasteiger partial charge in [0.1, 0.15) is 0 Å². The fourth-order valence-corrected chi connectivity index (χ4v) is 2.94. The van der Waals surface area contributed by atoms with E-state index in [9.17, 15) is 0 Å². The second-order valence-electron chi connectivity index (χ2n) is 5.16. The Bertz CT molecular complexity index is 546. The monoisotopic (exact) mass is 348 g/mol. The van der Waals surface area contributed by atoms with Gasteiger partial charge >= 0.3 is 0 Å². The van der Waals surface area contributed by atoms with E-state index < -0.39 is 0 Å². The minimum Gasteiger partial charge on any atom is -0.143 e. The number of benzene rings is 2. The van der Waals surface area contributed by atoms with Crippen LogP contribution < -0.4 is 0 Å². The molecule has 0 aliphatic heterocycles. The maximum absolute atomic E-state index is 4.34. The van der Waals surface area contributed by atoms with Gasteiger partial charge in [0.2, 0.25) is 0 Å². The lowest BCUT2D eigenvalue weighted by molar-refractivity contribution is 0.666. The van der Waals surface area contributed by atoms with E-state index in [4.69, 9.17) is 0 Å². The van der Waals surface area contributed by atoms with Crippen LogP contribution in [0.3, 0.4) is 0 Å². The van der Waals surface area contributed by atoms with Crippen molar-refractivity contribution in [1.82, 2.24) is 0 Å². The van der Waals surface area contributed by atoms with E-state index in [0.717, 1.165) is 11.3 Å². The summed E-state index contributed by atoms with van der Waals surface area (Å²) < 4.78 is 1.23. The molecule has 0 aromatic heterocycles. The standard InChI is InChI=1S/C18H21BrS/c1-2-3-4-5-6-16-13-15(9-12-18(16)19)14-7-10-17(20)11-8-14/h7-13,20H,2-6H2,1H3. The molecule has 2 rings (SSSR count). The van der Waals surface area contributed by atoms with Crippen LogP contribution in [0.25, 0.3) is 11.1 Å². The van der Waals surface area contributed by atoms with E-state index in [1.165, 1.54) is 46.8 Å². The molecular weight excluding hydrogens is 328 g/mol. The lowest BCUT2D eigenvalue weighted by atomic mass is 10.00. The van der Waals surface area contributed by atoms with Crippen LogP contribution in [-0.4, -0.2) is 0 Å². The number of unbranched alkanes of at least 4 members (excludes halogenated alkanes) is 3. The molecule has 0 aliphatic carbocycles. The van der Waals surface area contributed by atoms with Crippen molar-refractivity contribution in [2.24, 2.45) is 0 Å². The van der Waals surface area contributed by atoms with Gasteiger partial charge in [-0.2, -0.15) is 0 Å². The van der Waals surface area contributed by atoms with Gasteiger partial charge in [-0.25, -0.2) is 0 Å². The summed E-state index contributed by atoms with van der Waals surface area (Å²) >= 11 is 8.01. The third-order valence-corrected chi connectivity index (χ3v) is 4.62. The molecule has 106 valence electrons. The Hall–Kier alpha value is -0.730. The van der Waals surface area contributed by atoms with Crippen molar-refractivity contribution < 1.29 is 0 Å². The highest BCUT2D eigenvalue weighted by Gasteiger charge is 2.04. The van der Waals surface area contributed by atoms with Gasteiger partial charge in [0.05, 0.1) is 0 Å². The van der Waals surface area contributed by atoms with Crippen molar-refractivity contribution in [3.8, 4) is 11.1 Å². The number of aryl methyl sites for hydroxylation is 1. The number of rotatable bonds is 6. The first-order valence-electron chi connectivity index (χ1n) is 7.28. The van der Waals surface area contributed by atoms with Crippen molar-refractivity contribution in [3.63, 3.8) is 0 Å². The molecule has 0 radical (unpaired) electrons. The highest BCUT2D eigenvalue weighted by Crippen LogP contribution is 2.27. The zero-order chi connectivity index (χ0) is 14.4. The van der Waals surface area contributed by atoms with Crippen molar-refractivity contribution in [2.75, 3.05) is 0 Å². The second-order valence-corrected chi connectivity index (χ2v) is 6.53. The summed E-state index contributed by atoms with van der Waals surface area (Å²) in [4.78, 5) is 1.01. The van der Waals surface area contributed by atoms with Crippen molar-refractivity contribution in [1.29, 1.82) is 0 Å². The molecule has 2 heteroatoms. The van der Waals surface area contributed by atoms with Gasteiger partial charge in [-0.15, -0.1) is 12.6 Å². The lowest BCUT2D eigenvalue weighted by Gasteiger charge is -2.08. The zero-order valence-corrected chi connectivity index (χ0v) is 14.4. The molecule has 0 N–H and O–H groups in total. The Kier molecular flexibility index (Phi) is 6.18. The van der Waals surface area contributed by atoms with E-state index in [2.05, 4.69) is 65.8 Å². The summed E-state index contributed by atoms with van der Waals surface area (Å²) in [6.07, 6.45) is 6.37. The Labute approximate surface area is 136 Å². The van der Waals surface area contributed by atoms with Gasteiger partial charge in [-0.3, -0.25) is 0 Å². The molecule has 2 aromatic rings. The van der Waals surface area contributed by atoms with Crippen LogP contribution in [-0.2, 0) is 6.42 Å². The molecule has 0 fully saturated rings. The van der Waals surface area contributed by atoms with Crippen molar-refractivity contribution in [2.45, 2.75) is 43.9 Å². The highest BCUT2D eigenvalue weighted by molar-refractivity contribution is 9.10. The summed E-state index contributed by atoms with van der Waals surface area (Å²) in [6.45, 7) is 2.25. The summed E-state index contributed by atoms with van der Waals surface area (Å²) in [7, 11) is 0. The SMILES string of the molecule is CCCCCCc1cc(-c2ccc(S)cc2)ccc1Br. The summed E-state index contributed by atoms with van der Waals surface area (Å²) in [5.41, 5.74) is 3.95. The predicted octanol–water partition coefficient (Wildman–Crippen LogP) is 6.53. The van der Waals surface area contributed by atoms with Crippen LogP contribution in [0.2, 0.25) is 0 Å². The second kappa shape index (κ2) is 7.90. The Morgan fingerprint density at radius 2 is 1.60 bits per heavy atom. The van der Waals surface area contributed by atoms with E-state index >= 15 is 0 Å². The minimum atomic E-state index is 1.01. The normalized spacial score (nSPS) is 10.8. The van der Waals surface area contributed by atoms with E-state index in [1.807, 2.05) is 12.1 Å². The van der Waals surface area contributed by atoms with Crippen LogP contribution in [0.5, 0.6) is 0 Å². The quantitative estimate of drug-likeness (QED) is 0.445. The van der Waals surface area contributed by atoms with Gasteiger partial charge < -0.3 is 0 Å². The Morgan fingerprint density at radius 1 is 0.900 bits per heavy atom. The third kappa shape index (κ3) is 4.39. The molecule has 20 heavy (non-hydrogen) atoms. The minimum absolute atomic E-state index is 1.01. The first-order valence-corrected chi connectivity index (χ1v) is 8.52. The first-order chi connectivity index (χ1) is 9.70. The Balaban J connectivity index is 2.13. The van der Waals surface area contributed by atoms with Crippen LogP contribution in [0.15, 0.2) is 51.8 Å². The number of thiol groups is 1. The average molecular weight is 349 g/mol. The molecule has 0 nitrogen and oxygen atoms in total. The van der Waals surface area contributed by atoms with E-state index in [0.29, 0.717) is 0 Å². The molecule has 0 atom stereocenters. The van der Waals surface area contributed by atoms with E-state index in [-0.39, 0.29) is 0 Å². The number of halogens is 1. The van der Waals surface area contributed by atoms with Crippen LogP contribution >= 0.6 is 28.6 Å². The van der Waals surface area contributed by atoms with E-state index in [1.54, 1.807) is 0 Å². The molecule has 0 unspecified atom stereocenters. The third-order valence-electron chi connectivity index (χ3n) is 3.55. The first kappa shape index (κ1) is 15.7. The smallest absolute Gasteiger partial charge is 0.0207 e. The van der Waals surface area contributed by atoms with Crippen LogP contribution in [0.4, 0.5) is 0 Å². The predicted molar refractivity (Wildman–Crippen MR) is 94.7 cm³/mol. The largest absolute Gasteiger partial charge is 0.143 e. The summed E-state index contributed by atoms with van der Waals surface area (Å²) in [6, 6.07) is 15.0. The maximum atomic E-state index is 4.34. The number of hydrogen-bond acceptors (Lipinski definition) is 1. The zero-order valence-electron chi connectivity index (χ0n) is 11.9. The Morgan fingerprint density at radius 3 is 2.30 bits per heavy atom. The average Bonchev–Trinajstić information content (AvgIpc) is 2.46. The lowest BCUT2D eigenvalue weighted by Crippen LogP contribution is -1.89. The summed E-state index contributed by atoms with van der Waals surface area (Å²) in [5.74, 6) is 0. The van der Waals surface area contributed by atoms with Gasteiger partial charge in [-0.1, -0.05) is 66.4 Å². The van der Waals surface area contributed by atoms with Gasteiger partial charge in [0, 0.05) is 9.37 Å². The van der Waals surface area contributed by atoms with Gasteiger partial charge in [0.25, 0.3) is 0 Å². The molecule has 0 spiro atoms. The highest BCUT2D eigenvalue weighted by atomic mass is 79.9. The molecule has 0 aliphatic rings. The molecule has 0 saturated heterocycles. The van der Waals surface area contributed by atoms with Gasteiger partial charge in [0.15, 0.2) is 0 Å². The molecule has 0 bridgehead atoms. The number of hydrogen-bond donors (Lipinski definition) is 1.